The second-order valence-corrected chi connectivity index (χ2v) is 2.41. The summed E-state index contributed by atoms with van der Waals surface area (Å²) >= 11 is 0. The first kappa shape index (κ1) is 8.99. The Hall–Kier alpha value is -1.10. The maximum atomic E-state index is 10.9. The highest BCUT2D eigenvalue weighted by Crippen LogP contribution is 2.07. The number of methoxy groups -OCH3 is 1. The van der Waals surface area contributed by atoms with Crippen LogP contribution in [0.1, 0.15) is 6.42 Å². The van der Waals surface area contributed by atoms with Crippen LogP contribution in [0, 0.1) is 0 Å². The molecule has 0 saturated heterocycles. The Labute approximate surface area is 70.5 Å². The standard InChI is InChI=1S/C7H12N2O3/c1-11-7(10)5-4-12-6(9-5)2-3-8/h5H,2-4,8H2,1H3. The summed E-state index contributed by atoms with van der Waals surface area (Å²) in [5.41, 5.74) is 5.29. The van der Waals surface area contributed by atoms with Gasteiger partial charge in [-0.25, -0.2) is 9.79 Å². The Morgan fingerprint density at radius 3 is 3.25 bits per heavy atom. The molecule has 12 heavy (non-hydrogen) atoms. The molecule has 0 fully saturated rings. The van der Waals surface area contributed by atoms with Gasteiger partial charge in [-0.05, 0) is 0 Å². The van der Waals surface area contributed by atoms with Crippen LogP contribution in [0.25, 0.3) is 0 Å². The molecule has 5 nitrogen and oxygen atoms in total. The minimum atomic E-state index is -0.489. The van der Waals surface area contributed by atoms with Crippen LogP contribution in [0.4, 0.5) is 0 Å². The molecule has 0 aromatic carbocycles. The number of nitrogens with two attached hydrogens (primary N) is 1. The van der Waals surface area contributed by atoms with Crippen molar-refractivity contribution in [3.05, 3.63) is 0 Å². The highest BCUT2D eigenvalue weighted by molar-refractivity contribution is 5.85. The van der Waals surface area contributed by atoms with Gasteiger partial charge >= 0.3 is 5.97 Å². The van der Waals surface area contributed by atoms with Gasteiger partial charge in [0.25, 0.3) is 0 Å². The average molecular weight is 172 g/mol. The molecule has 1 unspecified atom stereocenters. The SMILES string of the molecule is COC(=O)C1COC(CCN)=N1. The lowest BCUT2D eigenvalue weighted by atomic mass is 10.3. The van der Waals surface area contributed by atoms with Gasteiger partial charge < -0.3 is 15.2 Å². The summed E-state index contributed by atoms with van der Waals surface area (Å²) < 4.78 is 9.60. The maximum absolute atomic E-state index is 10.9. The van der Waals surface area contributed by atoms with Gasteiger partial charge in [-0.3, -0.25) is 0 Å². The number of carbonyl (C=O) groups excluding carboxylic acids is 1. The Bertz CT molecular complexity index is 203. The number of rotatable bonds is 3. The Morgan fingerprint density at radius 1 is 1.92 bits per heavy atom. The molecule has 0 bridgehead atoms. The lowest BCUT2D eigenvalue weighted by Gasteiger charge is -2.00. The number of aliphatic imine (C=N–C) groups is 1. The van der Waals surface area contributed by atoms with Gasteiger partial charge in [0, 0.05) is 13.0 Å². The molecule has 5 heteroatoms. The Morgan fingerprint density at radius 2 is 2.67 bits per heavy atom. The Kier molecular flexibility index (Phi) is 3.04. The molecule has 2 N–H and O–H groups in total. The lowest BCUT2D eigenvalue weighted by Crippen LogP contribution is -2.21. The van der Waals surface area contributed by atoms with Gasteiger partial charge in [0.1, 0.15) is 6.61 Å². The van der Waals surface area contributed by atoms with Gasteiger partial charge in [-0.15, -0.1) is 0 Å². The molecule has 0 aromatic rings. The van der Waals surface area contributed by atoms with Crippen LogP contribution in [0.3, 0.4) is 0 Å². The summed E-state index contributed by atoms with van der Waals surface area (Å²) in [5.74, 6) is 0.190. The third-order valence-electron chi connectivity index (χ3n) is 1.54. The van der Waals surface area contributed by atoms with Crippen LogP contribution in [-0.4, -0.2) is 38.2 Å². The lowest BCUT2D eigenvalue weighted by molar-refractivity contribution is -0.142. The predicted octanol–water partition coefficient (Wildman–Crippen LogP) is -0.694. The van der Waals surface area contributed by atoms with Gasteiger partial charge in [0.2, 0.25) is 0 Å². The summed E-state index contributed by atoms with van der Waals surface area (Å²) in [6.07, 6.45) is 0.577. The highest BCUT2D eigenvalue weighted by atomic mass is 16.5. The summed E-state index contributed by atoms with van der Waals surface area (Å²) in [6, 6.07) is -0.489. The molecule has 0 amide bonds. The second-order valence-electron chi connectivity index (χ2n) is 2.41. The number of ether oxygens (including phenoxy) is 2. The van der Waals surface area contributed by atoms with Crippen molar-refractivity contribution in [1.82, 2.24) is 0 Å². The zero-order valence-corrected chi connectivity index (χ0v) is 6.95. The van der Waals surface area contributed by atoms with Crippen molar-refractivity contribution in [2.24, 2.45) is 10.7 Å². The molecule has 1 rings (SSSR count). The van der Waals surface area contributed by atoms with E-state index in [1.165, 1.54) is 7.11 Å². The summed E-state index contributed by atoms with van der Waals surface area (Å²) in [7, 11) is 1.33. The van der Waals surface area contributed by atoms with E-state index in [9.17, 15) is 4.79 Å². The molecule has 1 aliphatic rings. The minimum Gasteiger partial charge on any atom is -0.478 e. The quantitative estimate of drug-likeness (QED) is 0.571. The topological polar surface area (TPSA) is 73.9 Å². The van der Waals surface area contributed by atoms with Gasteiger partial charge in [-0.1, -0.05) is 0 Å². The van der Waals surface area contributed by atoms with Crippen LogP contribution < -0.4 is 5.73 Å². The number of nitrogens with zero attached hydrogens (tertiary/aromatic N) is 1. The minimum absolute atomic E-state index is 0.280. The normalized spacial score (nSPS) is 21.5. The fourth-order valence-corrected chi connectivity index (χ4v) is 0.940. The smallest absolute Gasteiger partial charge is 0.334 e. The third kappa shape index (κ3) is 1.94. The fourth-order valence-electron chi connectivity index (χ4n) is 0.940. The van der Waals surface area contributed by atoms with E-state index >= 15 is 0 Å². The van der Waals surface area contributed by atoms with E-state index in [-0.39, 0.29) is 12.6 Å². The van der Waals surface area contributed by atoms with E-state index in [0.29, 0.717) is 18.9 Å². The molecule has 0 aromatic heterocycles. The van der Waals surface area contributed by atoms with E-state index in [1.54, 1.807) is 0 Å². The van der Waals surface area contributed by atoms with Gasteiger partial charge in [-0.2, -0.15) is 0 Å². The van der Waals surface area contributed by atoms with Gasteiger partial charge in [0.15, 0.2) is 11.9 Å². The molecule has 0 aliphatic carbocycles. The molecular weight excluding hydrogens is 160 g/mol. The first-order valence-corrected chi connectivity index (χ1v) is 3.75. The van der Waals surface area contributed by atoms with E-state index in [1.807, 2.05) is 0 Å². The van der Waals surface area contributed by atoms with Crippen LogP contribution in [-0.2, 0) is 14.3 Å². The number of carbonyl (C=O) groups is 1. The monoisotopic (exact) mass is 172 g/mol. The molecule has 0 saturated carbocycles. The third-order valence-corrected chi connectivity index (χ3v) is 1.54. The summed E-state index contributed by atoms with van der Waals surface area (Å²) in [6.45, 7) is 0.759. The number of hydrogen-bond acceptors (Lipinski definition) is 5. The summed E-state index contributed by atoms with van der Waals surface area (Å²) in [4.78, 5) is 14.9. The van der Waals surface area contributed by atoms with Crippen molar-refractivity contribution in [2.75, 3.05) is 20.3 Å². The maximum Gasteiger partial charge on any atom is 0.334 e. The fraction of sp³-hybridized carbons (Fsp3) is 0.714. The zero-order valence-electron chi connectivity index (χ0n) is 6.95. The van der Waals surface area contributed by atoms with E-state index in [0.717, 1.165) is 0 Å². The van der Waals surface area contributed by atoms with Crippen molar-refractivity contribution in [2.45, 2.75) is 12.5 Å². The molecule has 0 radical (unpaired) electrons. The first-order chi connectivity index (χ1) is 5.77. The zero-order chi connectivity index (χ0) is 8.97. The van der Waals surface area contributed by atoms with Crippen LogP contribution in [0.2, 0.25) is 0 Å². The highest BCUT2D eigenvalue weighted by Gasteiger charge is 2.25. The van der Waals surface area contributed by atoms with E-state index in [2.05, 4.69) is 9.73 Å². The number of esters is 1. The molecule has 1 aliphatic heterocycles. The average Bonchev–Trinajstić information content (AvgIpc) is 2.52. The predicted molar refractivity (Wildman–Crippen MR) is 42.9 cm³/mol. The van der Waals surface area contributed by atoms with Crippen molar-refractivity contribution in [1.29, 1.82) is 0 Å². The van der Waals surface area contributed by atoms with E-state index in [4.69, 9.17) is 10.5 Å². The van der Waals surface area contributed by atoms with Crippen LogP contribution in [0.5, 0.6) is 0 Å². The van der Waals surface area contributed by atoms with Crippen LogP contribution in [0.15, 0.2) is 4.99 Å². The molecule has 1 heterocycles. The first-order valence-electron chi connectivity index (χ1n) is 3.75. The van der Waals surface area contributed by atoms with Gasteiger partial charge in [0.05, 0.1) is 7.11 Å². The van der Waals surface area contributed by atoms with Crippen molar-refractivity contribution >= 4 is 11.9 Å². The van der Waals surface area contributed by atoms with Crippen molar-refractivity contribution in [3.63, 3.8) is 0 Å². The Balaban J connectivity index is 2.46. The summed E-state index contributed by atoms with van der Waals surface area (Å²) in [5, 5.41) is 0. The van der Waals surface area contributed by atoms with E-state index < -0.39 is 6.04 Å². The molecule has 0 spiro atoms. The van der Waals surface area contributed by atoms with Crippen molar-refractivity contribution < 1.29 is 14.3 Å². The van der Waals surface area contributed by atoms with Crippen LogP contribution >= 0.6 is 0 Å². The van der Waals surface area contributed by atoms with Crippen molar-refractivity contribution in [3.8, 4) is 0 Å². The molecular formula is C7H12N2O3. The number of hydrogen-bond donors (Lipinski definition) is 1. The largest absolute Gasteiger partial charge is 0.478 e. The molecule has 1 atom stereocenters. The second kappa shape index (κ2) is 4.06. The molecule has 68 valence electrons.